The van der Waals surface area contributed by atoms with Gasteiger partial charge in [0, 0.05) is 18.3 Å². The summed E-state index contributed by atoms with van der Waals surface area (Å²) in [7, 11) is 0. The van der Waals surface area contributed by atoms with Crippen LogP contribution in [-0.4, -0.2) is 45.2 Å². The predicted octanol–water partition coefficient (Wildman–Crippen LogP) is 4.64. The second kappa shape index (κ2) is 10.8. The van der Waals surface area contributed by atoms with Gasteiger partial charge in [-0.3, -0.25) is 4.79 Å². The monoisotopic (exact) mass is 496 g/mol. The fraction of sp³-hybridized carbons (Fsp3) is 0.423. The molecule has 5 rings (SSSR count). The van der Waals surface area contributed by atoms with Crippen LogP contribution in [0.1, 0.15) is 37.6 Å². The van der Waals surface area contributed by atoms with Crippen molar-refractivity contribution in [3.8, 4) is 5.75 Å². The minimum Gasteiger partial charge on any atom is -0.486 e. The molecule has 0 aliphatic carbocycles. The maximum atomic E-state index is 13.7. The van der Waals surface area contributed by atoms with Gasteiger partial charge in [-0.25, -0.2) is 4.39 Å². The van der Waals surface area contributed by atoms with Crippen LogP contribution in [0.25, 0.3) is 0 Å². The van der Waals surface area contributed by atoms with E-state index in [1.807, 2.05) is 41.8 Å². The third-order valence-electron chi connectivity index (χ3n) is 6.48. The largest absolute Gasteiger partial charge is 0.486 e. The van der Waals surface area contributed by atoms with E-state index in [0.717, 1.165) is 49.3 Å². The summed E-state index contributed by atoms with van der Waals surface area (Å²) in [5.41, 5.74) is 1.68. The molecule has 184 valence electrons. The molecule has 35 heavy (non-hydrogen) atoms. The van der Waals surface area contributed by atoms with E-state index >= 15 is 0 Å². The number of fused-ring (bicyclic) bond motifs is 1. The standard InChI is InChI=1S/C26H29FN4O3S/c1-18-9-10-19-14-20(27)11-12-23(19)31(18)25(32)17-35-26-29-28-24(16-34-21-6-3-2-4-7-21)30(26)15-22-8-5-13-33-22/h2-4,6-7,11-12,14,18,22H,5,8-10,13,15-17H2,1H3/t18-,22+/m0/s1. The van der Waals surface area contributed by atoms with Crippen molar-refractivity contribution in [1.82, 2.24) is 14.8 Å². The minimum atomic E-state index is -0.271. The van der Waals surface area contributed by atoms with Gasteiger partial charge in [0.2, 0.25) is 5.91 Å². The number of para-hydroxylation sites is 1. The number of halogens is 1. The number of thioether (sulfide) groups is 1. The number of carbonyl (C=O) groups excluding carboxylic acids is 1. The molecule has 3 aromatic rings. The quantitative estimate of drug-likeness (QED) is 0.424. The fourth-order valence-electron chi connectivity index (χ4n) is 4.67. The average molecular weight is 497 g/mol. The van der Waals surface area contributed by atoms with Crippen LogP contribution in [0, 0.1) is 5.82 Å². The summed E-state index contributed by atoms with van der Waals surface area (Å²) in [5, 5.41) is 9.42. The summed E-state index contributed by atoms with van der Waals surface area (Å²) < 4.78 is 27.5. The molecule has 0 unspecified atom stereocenters. The number of carbonyl (C=O) groups is 1. The minimum absolute atomic E-state index is 0.0242. The van der Waals surface area contributed by atoms with E-state index in [9.17, 15) is 9.18 Å². The van der Waals surface area contributed by atoms with E-state index < -0.39 is 0 Å². The van der Waals surface area contributed by atoms with Gasteiger partial charge in [0.05, 0.1) is 18.4 Å². The van der Waals surface area contributed by atoms with Gasteiger partial charge in [-0.1, -0.05) is 30.0 Å². The summed E-state index contributed by atoms with van der Waals surface area (Å²) >= 11 is 1.37. The molecule has 1 aromatic heterocycles. The lowest BCUT2D eigenvalue weighted by Crippen LogP contribution is -2.43. The Labute approximate surface area is 208 Å². The molecule has 9 heteroatoms. The molecule has 2 aromatic carbocycles. The highest BCUT2D eigenvalue weighted by Gasteiger charge is 2.29. The van der Waals surface area contributed by atoms with Crippen molar-refractivity contribution in [2.24, 2.45) is 0 Å². The average Bonchev–Trinajstić information content (AvgIpc) is 3.52. The smallest absolute Gasteiger partial charge is 0.237 e. The summed E-state index contributed by atoms with van der Waals surface area (Å²) in [5.74, 6) is 1.38. The first kappa shape index (κ1) is 23.8. The first-order valence-corrected chi connectivity index (χ1v) is 13.0. The van der Waals surface area contributed by atoms with Crippen LogP contribution in [-0.2, 0) is 29.1 Å². The lowest BCUT2D eigenvalue weighted by Gasteiger charge is -2.35. The van der Waals surface area contributed by atoms with E-state index in [2.05, 4.69) is 10.2 Å². The van der Waals surface area contributed by atoms with Crippen molar-refractivity contribution in [2.75, 3.05) is 17.3 Å². The summed E-state index contributed by atoms with van der Waals surface area (Å²) in [6.45, 7) is 3.70. The van der Waals surface area contributed by atoms with Crippen molar-refractivity contribution < 1.29 is 18.7 Å². The third kappa shape index (κ3) is 5.51. The highest BCUT2D eigenvalue weighted by molar-refractivity contribution is 7.99. The molecule has 0 N–H and O–H groups in total. The SMILES string of the molecule is C[C@H]1CCc2cc(F)ccc2N1C(=O)CSc1nnc(COc2ccccc2)n1C[C@H]1CCCO1. The molecule has 1 saturated heterocycles. The van der Waals surface area contributed by atoms with E-state index in [1.165, 1.54) is 23.9 Å². The molecule has 0 bridgehead atoms. The van der Waals surface area contributed by atoms with Crippen LogP contribution < -0.4 is 9.64 Å². The normalized spacial score (nSPS) is 19.5. The second-order valence-corrected chi connectivity index (χ2v) is 9.90. The van der Waals surface area contributed by atoms with Crippen molar-refractivity contribution >= 4 is 23.4 Å². The Hall–Kier alpha value is -2.91. The zero-order chi connectivity index (χ0) is 24.2. The van der Waals surface area contributed by atoms with Gasteiger partial charge < -0.3 is 18.9 Å². The Kier molecular flexibility index (Phi) is 7.34. The maximum Gasteiger partial charge on any atom is 0.237 e. The van der Waals surface area contributed by atoms with Crippen LogP contribution in [0.2, 0.25) is 0 Å². The lowest BCUT2D eigenvalue weighted by molar-refractivity contribution is -0.116. The summed E-state index contributed by atoms with van der Waals surface area (Å²) in [4.78, 5) is 15.1. The number of amides is 1. The van der Waals surface area contributed by atoms with Crippen LogP contribution in [0.4, 0.5) is 10.1 Å². The molecule has 2 aliphatic heterocycles. The number of aromatic nitrogens is 3. The number of benzene rings is 2. The van der Waals surface area contributed by atoms with E-state index in [-0.39, 0.29) is 36.2 Å². The topological polar surface area (TPSA) is 69.5 Å². The Morgan fingerprint density at radius 1 is 1.20 bits per heavy atom. The number of aryl methyl sites for hydroxylation is 1. The van der Waals surface area contributed by atoms with Gasteiger partial charge in [-0.15, -0.1) is 10.2 Å². The number of hydrogen-bond donors (Lipinski definition) is 0. The van der Waals surface area contributed by atoms with Crippen LogP contribution in [0.3, 0.4) is 0 Å². The Morgan fingerprint density at radius 2 is 2.06 bits per heavy atom. The van der Waals surface area contributed by atoms with Crippen molar-refractivity contribution in [1.29, 1.82) is 0 Å². The molecule has 2 aliphatic rings. The summed E-state index contributed by atoms with van der Waals surface area (Å²) in [6.07, 6.45) is 3.70. The van der Waals surface area contributed by atoms with Gasteiger partial charge in [-0.05, 0) is 68.5 Å². The highest BCUT2D eigenvalue weighted by Crippen LogP contribution is 2.32. The predicted molar refractivity (Wildman–Crippen MR) is 132 cm³/mol. The van der Waals surface area contributed by atoms with Crippen molar-refractivity contribution in [3.63, 3.8) is 0 Å². The van der Waals surface area contributed by atoms with Gasteiger partial charge in [0.15, 0.2) is 11.0 Å². The van der Waals surface area contributed by atoms with E-state index in [4.69, 9.17) is 9.47 Å². The number of ether oxygens (including phenoxy) is 2. The number of anilines is 1. The Balaban J connectivity index is 1.31. The van der Waals surface area contributed by atoms with Crippen molar-refractivity contribution in [3.05, 3.63) is 65.7 Å². The number of hydrogen-bond acceptors (Lipinski definition) is 6. The Morgan fingerprint density at radius 3 is 2.86 bits per heavy atom. The first-order valence-electron chi connectivity index (χ1n) is 12.0. The van der Waals surface area contributed by atoms with Crippen LogP contribution in [0.5, 0.6) is 5.75 Å². The Bertz CT molecular complexity index is 1170. The van der Waals surface area contributed by atoms with Gasteiger partial charge in [0.1, 0.15) is 18.2 Å². The van der Waals surface area contributed by atoms with Gasteiger partial charge in [0.25, 0.3) is 0 Å². The molecule has 7 nitrogen and oxygen atoms in total. The zero-order valence-corrected chi connectivity index (χ0v) is 20.5. The second-order valence-electron chi connectivity index (χ2n) is 8.96. The first-order chi connectivity index (χ1) is 17.1. The van der Waals surface area contributed by atoms with Crippen molar-refractivity contribution in [2.45, 2.75) is 63.1 Å². The third-order valence-corrected chi connectivity index (χ3v) is 7.43. The lowest BCUT2D eigenvalue weighted by atomic mass is 9.96. The molecule has 1 amide bonds. The maximum absolute atomic E-state index is 13.7. The molecule has 2 atom stereocenters. The molecule has 0 saturated carbocycles. The zero-order valence-electron chi connectivity index (χ0n) is 19.7. The molecular formula is C26H29FN4O3S. The molecule has 3 heterocycles. The van der Waals surface area contributed by atoms with Crippen LogP contribution >= 0.6 is 11.8 Å². The number of rotatable bonds is 8. The summed E-state index contributed by atoms with van der Waals surface area (Å²) in [6, 6.07) is 14.3. The fourth-order valence-corrected chi connectivity index (χ4v) is 5.49. The number of nitrogens with zero attached hydrogens (tertiary/aromatic N) is 4. The highest BCUT2D eigenvalue weighted by atomic mass is 32.2. The molecule has 1 fully saturated rings. The van der Waals surface area contributed by atoms with Gasteiger partial charge in [-0.2, -0.15) is 0 Å². The van der Waals surface area contributed by atoms with E-state index in [1.54, 1.807) is 11.0 Å². The molecule has 0 radical (unpaired) electrons. The van der Waals surface area contributed by atoms with E-state index in [0.29, 0.717) is 17.5 Å². The van der Waals surface area contributed by atoms with Gasteiger partial charge >= 0.3 is 0 Å². The molecule has 0 spiro atoms. The molecular weight excluding hydrogens is 467 g/mol. The van der Waals surface area contributed by atoms with Crippen LogP contribution in [0.15, 0.2) is 53.7 Å².